The Morgan fingerprint density at radius 2 is 2.07 bits per heavy atom. The lowest BCUT2D eigenvalue weighted by atomic mass is 10.0. The molecule has 2 amide bonds. The van der Waals surface area contributed by atoms with Crippen molar-refractivity contribution in [1.82, 2.24) is 15.0 Å². The van der Waals surface area contributed by atoms with Gasteiger partial charge in [-0.15, -0.1) is 0 Å². The number of hydrogen-bond donors (Lipinski definition) is 1. The van der Waals surface area contributed by atoms with Crippen molar-refractivity contribution >= 4 is 28.8 Å². The third-order valence-electron chi connectivity index (χ3n) is 4.95. The summed E-state index contributed by atoms with van der Waals surface area (Å²) >= 11 is 1.56. The predicted octanol–water partition coefficient (Wildman–Crippen LogP) is 3.15. The van der Waals surface area contributed by atoms with Crippen LogP contribution < -0.4 is 5.32 Å². The average molecular weight is 426 g/mol. The van der Waals surface area contributed by atoms with Crippen LogP contribution in [0.4, 0.5) is 5.69 Å². The maximum absolute atomic E-state index is 12.8. The molecule has 1 aromatic carbocycles. The van der Waals surface area contributed by atoms with Crippen LogP contribution in [0.3, 0.4) is 0 Å². The van der Waals surface area contributed by atoms with Gasteiger partial charge in [0.1, 0.15) is 0 Å². The van der Waals surface area contributed by atoms with E-state index in [1.165, 1.54) is 0 Å². The summed E-state index contributed by atoms with van der Waals surface area (Å²) in [6, 6.07) is 7.28. The van der Waals surface area contributed by atoms with E-state index in [0.29, 0.717) is 55.7 Å². The number of carbonyl (C=O) groups is 2. The Labute approximate surface area is 177 Å². The molecule has 1 fully saturated rings. The number of aryl methyl sites for hydroxylation is 1. The molecular formula is C21H22N4O4S. The minimum atomic E-state index is -0.177. The first-order valence-corrected chi connectivity index (χ1v) is 10.7. The summed E-state index contributed by atoms with van der Waals surface area (Å²) < 4.78 is 10.5. The van der Waals surface area contributed by atoms with Crippen molar-refractivity contribution in [2.24, 2.45) is 0 Å². The van der Waals surface area contributed by atoms with Gasteiger partial charge in [-0.1, -0.05) is 11.2 Å². The average Bonchev–Trinajstić information content (AvgIpc) is 3.46. The Morgan fingerprint density at radius 1 is 1.23 bits per heavy atom. The summed E-state index contributed by atoms with van der Waals surface area (Å²) in [5, 5.41) is 10.7. The molecule has 8 nitrogen and oxygen atoms in total. The lowest BCUT2D eigenvalue weighted by molar-refractivity contribution is -0.116. The van der Waals surface area contributed by atoms with E-state index in [4.69, 9.17) is 9.26 Å². The van der Waals surface area contributed by atoms with Gasteiger partial charge in [0.2, 0.25) is 17.6 Å². The third-order valence-corrected chi connectivity index (χ3v) is 5.63. The molecule has 0 spiro atoms. The molecule has 0 saturated carbocycles. The number of thiophene rings is 1. The van der Waals surface area contributed by atoms with Gasteiger partial charge in [0.15, 0.2) is 0 Å². The second-order valence-electron chi connectivity index (χ2n) is 6.95. The van der Waals surface area contributed by atoms with Crippen LogP contribution in [-0.4, -0.2) is 53.2 Å². The highest BCUT2D eigenvalue weighted by molar-refractivity contribution is 7.08. The number of rotatable bonds is 6. The Hall–Kier alpha value is -3.04. The number of benzene rings is 1. The smallest absolute Gasteiger partial charge is 0.254 e. The van der Waals surface area contributed by atoms with Crippen molar-refractivity contribution in [3.05, 3.63) is 52.0 Å². The molecule has 0 atom stereocenters. The Balaban J connectivity index is 1.37. The Bertz CT molecular complexity index is 1030. The second kappa shape index (κ2) is 9.19. The van der Waals surface area contributed by atoms with E-state index in [1.54, 1.807) is 34.4 Å². The van der Waals surface area contributed by atoms with Gasteiger partial charge >= 0.3 is 0 Å². The molecule has 0 bridgehead atoms. The summed E-state index contributed by atoms with van der Waals surface area (Å²) in [4.78, 5) is 31.3. The van der Waals surface area contributed by atoms with Crippen molar-refractivity contribution in [2.45, 2.75) is 19.8 Å². The zero-order valence-corrected chi connectivity index (χ0v) is 17.4. The highest BCUT2D eigenvalue weighted by atomic mass is 32.1. The van der Waals surface area contributed by atoms with Gasteiger partial charge in [0.05, 0.1) is 13.2 Å². The monoisotopic (exact) mass is 426 g/mol. The lowest BCUT2D eigenvalue weighted by Gasteiger charge is -2.27. The molecule has 0 radical (unpaired) electrons. The van der Waals surface area contributed by atoms with Gasteiger partial charge in [-0.05, 0) is 36.1 Å². The first-order chi connectivity index (χ1) is 14.6. The zero-order chi connectivity index (χ0) is 20.9. The predicted molar refractivity (Wildman–Crippen MR) is 112 cm³/mol. The van der Waals surface area contributed by atoms with Crippen molar-refractivity contribution in [1.29, 1.82) is 0 Å². The summed E-state index contributed by atoms with van der Waals surface area (Å²) in [7, 11) is 0. The molecular weight excluding hydrogens is 404 g/mol. The zero-order valence-electron chi connectivity index (χ0n) is 16.6. The minimum absolute atomic E-state index is 0.0429. The number of ether oxygens (including phenoxy) is 1. The van der Waals surface area contributed by atoms with E-state index in [2.05, 4.69) is 15.5 Å². The minimum Gasteiger partial charge on any atom is -0.378 e. The fourth-order valence-electron chi connectivity index (χ4n) is 3.24. The topological polar surface area (TPSA) is 97.6 Å². The van der Waals surface area contributed by atoms with Crippen molar-refractivity contribution in [2.75, 3.05) is 31.6 Å². The molecule has 4 rings (SSSR count). The van der Waals surface area contributed by atoms with E-state index in [9.17, 15) is 9.59 Å². The van der Waals surface area contributed by atoms with E-state index < -0.39 is 0 Å². The molecule has 0 aliphatic carbocycles. The van der Waals surface area contributed by atoms with Crippen LogP contribution in [0.2, 0.25) is 0 Å². The molecule has 1 aliphatic heterocycles. The number of anilines is 1. The SMILES string of the molecule is Cc1c(NC(=O)CCc2nc(-c3ccsc3)no2)cccc1C(=O)N1CCOCC1. The lowest BCUT2D eigenvalue weighted by Crippen LogP contribution is -2.41. The van der Waals surface area contributed by atoms with E-state index >= 15 is 0 Å². The van der Waals surface area contributed by atoms with Crippen LogP contribution in [0, 0.1) is 6.92 Å². The molecule has 30 heavy (non-hydrogen) atoms. The van der Waals surface area contributed by atoms with E-state index in [-0.39, 0.29) is 18.2 Å². The highest BCUT2D eigenvalue weighted by Crippen LogP contribution is 2.22. The first-order valence-electron chi connectivity index (χ1n) is 9.73. The van der Waals surface area contributed by atoms with Gasteiger partial charge in [-0.2, -0.15) is 16.3 Å². The molecule has 0 unspecified atom stereocenters. The van der Waals surface area contributed by atoms with E-state index in [1.807, 2.05) is 23.8 Å². The van der Waals surface area contributed by atoms with Crippen LogP contribution in [0.1, 0.15) is 28.2 Å². The Morgan fingerprint density at radius 3 is 2.83 bits per heavy atom. The molecule has 156 valence electrons. The van der Waals surface area contributed by atoms with Gasteiger partial charge in [0.25, 0.3) is 5.91 Å². The molecule has 1 aliphatic rings. The summed E-state index contributed by atoms with van der Waals surface area (Å²) in [5.41, 5.74) is 2.87. The molecule has 1 N–H and O–H groups in total. The van der Waals surface area contributed by atoms with Gasteiger partial charge in [-0.3, -0.25) is 9.59 Å². The maximum Gasteiger partial charge on any atom is 0.254 e. The van der Waals surface area contributed by atoms with Crippen molar-refractivity contribution in [3.8, 4) is 11.4 Å². The Kier molecular flexibility index (Phi) is 6.20. The van der Waals surface area contributed by atoms with Crippen LogP contribution in [0.5, 0.6) is 0 Å². The van der Waals surface area contributed by atoms with Gasteiger partial charge < -0.3 is 19.5 Å². The number of morpholine rings is 1. The van der Waals surface area contributed by atoms with Crippen molar-refractivity contribution < 1.29 is 18.8 Å². The van der Waals surface area contributed by atoms with Crippen molar-refractivity contribution in [3.63, 3.8) is 0 Å². The number of hydrogen-bond acceptors (Lipinski definition) is 7. The number of aromatic nitrogens is 2. The fraction of sp³-hybridized carbons (Fsp3) is 0.333. The number of carbonyl (C=O) groups excluding carboxylic acids is 2. The molecule has 9 heteroatoms. The standard InChI is InChI=1S/C21H22N4O4S/c1-14-16(21(27)25-8-10-28-11-9-25)3-2-4-17(14)22-18(26)5-6-19-23-20(24-29-19)15-7-12-30-13-15/h2-4,7,12-13H,5-6,8-11H2,1H3,(H,22,26). The first kappa shape index (κ1) is 20.2. The fourth-order valence-corrected chi connectivity index (χ4v) is 3.87. The second-order valence-corrected chi connectivity index (χ2v) is 7.73. The maximum atomic E-state index is 12.8. The number of nitrogens with one attached hydrogen (secondary N) is 1. The molecule has 2 aromatic heterocycles. The van der Waals surface area contributed by atoms with E-state index in [0.717, 1.165) is 11.1 Å². The normalized spacial score (nSPS) is 14.0. The van der Waals surface area contributed by atoms with Gasteiger partial charge in [0, 0.05) is 48.1 Å². The quantitative estimate of drug-likeness (QED) is 0.650. The summed E-state index contributed by atoms with van der Waals surface area (Å²) in [5.74, 6) is 0.722. The van der Waals surface area contributed by atoms with Crippen LogP contribution in [0.25, 0.3) is 11.4 Å². The van der Waals surface area contributed by atoms with Gasteiger partial charge in [-0.25, -0.2) is 0 Å². The number of nitrogens with zero attached hydrogens (tertiary/aromatic N) is 3. The third kappa shape index (κ3) is 4.58. The molecule has 3 heterocycles. The highest BCUT2D eigenvalue weighted by Gasteiger charge is 2.21. The largest absolute Gasteiger partial charge is 0.378 e. The summed E-state index contributed by atoms with van der Waals surface area (Å²) in [6.45, 7) is 4.09. The summed E-state index contributed by atoms with van der Waals surface area (Å²) in [6.07, 6.45) is 0.542. The van der Waals surface area contributed by atoms with Crippen LogP contribution in [0.15, 0.2) is 39.5 Å². The van der Waals surface area contributed by atoms with Crippen LogP contribution >= 0.6 is 11.3 Å². The molecule has 3 aromatic rings. The van der Waals surface area contributed by atoms with Crippen LogP contribution in [-0.2, 0) is 16.0 Å². The number of amides is 2. The molecule has 1 saturated heterocycles.